The van der Waals surface area contributed by atoms with Gasteiger partial charge in [0, 0.05) is 6.04 Å². The highest BCUT2D eigenvalue weighted by Crippen LogP contribution is 2.25. The Morgan fingerprint density at radius 1 is 1.18 bits per heavy atom. The van der Waals surface area contributed by atoms with Gasteiger partial charge in [-0.2, -0.15) is 0 Å². The molecule has 17 heavy (non-hydrogen) atoms. The first-order valence-electron chi connectivity index (χ1n) is 6.18. The van der Waals surface area contributed by atoms with Gasteiger partial charge in [0.2, 0.25) is 0 Å². The molecule has 0 radical (unpaired) electrons. The maximum Gasteiger partial charge on any atom is 0.320 e. The molecule has 2 fully saturated rings. The Balaban J connectivity index is 2.11. The third-order valence-corrected chi connectivity index (χ3v) is 5.54. The van der Waals surface area contributed by atoms with E-state index < -0.39 is 21.8 Å². The van der Waals surface area contributed by atoms with Crippen molar-refractivity contribution in [2.24, 2.45) is 0 Å². The highest BCUT2D eigenvalue weighted by molar-refractivity contribution is 7.91. The molecule has 2 unspecified atom stereocenters. The maximum atomic E-state index is 11.6. The highest BCUT2D eigenvalue weighted by Gasteiger charge is 2.37. The van der Waals surface area contributed by atoms with Crippen molar-refractivity contribution in [3.05, 3.63) is 0 Å². The van der Waals surface area contributed by atoms with Gasteiger partial charge in [0.05, 0.1) is 11.5 Å². The molecular weight excluding hydrogens is 242 g/mol. The summed E-state index contributed by atoms with van der Waals surface area (Å²) in [7, 11) is -2.96. The van der Waals surface area contributed by atoms with E-state index in [1.54, 1.807) is 0 Å². The van der Waals surface area contributed by atoms with E-state index in [9.17, 15) is 18.3 Å². The molecule has 2 atom stereocenters. The van der Waals surface area contributed by atoms with Gasteiger partial charge >= 0.3 is 5.97 Å². The molecule has 0 aromatic heterocycles. The van der Waals surface area contributed by atoms with E-state index in [0.717, 1.165) is 25.8 Å². The molecule has 5 nitrogen and oxygen atoms in total. The minimum absolute atomic E-state index is 0.0878. The lowest BCUT2D eigenvalue weighted by Crippen LogP contribution is -2.53. The molecule has 0 bridgehead atoms. The molecule has 0 aliphatic carbocycles. The van der Waals surface area contributed by atoms with Crippen LogP contribution in [-0.2, 0) is 14.6 Å². The quantitative estimate of drug-likeness (QED) is 0.783. The fourth-order valence-electron chi connectivity index (χ4n) is 2.92. The first-order valence-corrected chi connectivity index (χ1v) is 8.01. The predicted molar refractivity (Wildman–Crippen MR) is 63.7 cm³/mol. The third kappa shape index (κ3) is 2.98. The SMILES string of the molecule is O=C(O)C1CCCCN1C1CCCS(=O)(=O)C1. The summed E-state index contributed by atoms with van der Waals surface area (Å²) in [5.74, 6) is -0.418. The van der Waals surface area contributed by atoms with Gasteiger partial charge in [-0.1, -0.05) is 6.42 Å². The van der Waals surface area contributed by atoms with Crippen LogP contribution in [0.15, 0.2) is 0 Å². The topological polar surface area (TPSA) is 74.7 Å². The Bertz CT molecular complexity index is 392. The number of sulfone groups is 1. The lowest BCUT2D eigenvalue weighted by Gasteiger charge is -2.40. The zero-order valence-corrected chi connectivity index (χ0v) is 10.7. The van der Waals surface area contributed by atoms with Crippen molar-refractivity contribution in [3.63, 3.8) is 0 Å². The van der Waals surface area contributed by atoms with E-state index in [1.165, 1.54) is 0 Å². The van der Waals surface area contributed by atoms with Crippen molar-refractivity contribution in [1.82, 2.24) is 4.90 Å². The van der Waals surface area contributed by atoms with Gasteiger partial charge in [0.15, 0.2) is 9.84 Å². The van der Waals surface area contributed by atoms with Gasteiger partial charge in [-0.25, -0.2) is 8.42 Å². The average molecular weight is 261 g/mol. The van der Waals surface area contributed by atoms with Crippen LogP contribution in [0.1, 0.15) is 32.1 Å². The van der Waals surface area contributed by atoms with Crippen LogP contribution in [0.3, 0.4) is 0 Å². The van der Waals surface area contributed by atoms with Crippen molar-refractivity contribution in [3.8, 4) is 0 Å². The van der Waals surface area contributed by atoms with Gasteiger partial charge in [0.1, 0.15) is 6.04 Å². The molecule has 1 N–H and O–H groups in total. The minimum atomic E-state index is -2.96. The molecule has 2 heterocycles. The normalized spacial score (nSPS) is 34.4. The van der Waals surface area contributed by atoms with Crippen molar-refractivity contribution in [2.45, 2.75) is 44.2 Å². The van der Waals surface area contributed by atoms with Crippen LogP contribution in [0, 0.1) is 0 Å². The number of carboxylic acid groups (broad SMARTS) is 1. The molecule has 0 amide bonds. The van der Waals surface area contributed by atoms with Crippen LogP contribution in [0.5, 0.6) is 0 Å². The molecular formula is C11H19NO4S. The highest BCUT2D eigenvalue weighted by atomic mass is 32.2. The molecule has 98 valence electrons. The molecule has 2 aliphatic heterocycles. The summed E-state index contributed by atoms with van der Waals surface area (Å²) in [6, 6.07) is -0.572. The summed E-state index contributed by atoms with van der Waals surface area (Å²) in [6.45, 7) is 0.719. The zero-order chi connectivity index (χ0) is 12.5. The minimum Gasteiger partial charge on any atom is -0.480 e. The Morgan fingerprint density at radius 2 is 1.94 bits per heavy atom. The van der Waals surface area contributed by atoms with E-state index >= 15 is 0 Å². The summed E-state index contributed by atoms with van der Waals surface area (Å²) in [5, 5.41) is 9.18. The van der Waals surface area contributed by atoms with Crippen LogP contribution >= 0.6 is 0 Å². The Labute approximate surface area is 102 Å². The number of rotatable bonds is 2. The van der Waals surface area contributed by atoms with Crippen molar-refractivity contribution in [1.29, 1.82) is 0 Å². The van der Waals surface area contributed by atoms with E-state index in [4.69, 9.17) is 0 Å². The van der Waals surface area contributed by atoms with E-state index in [-0.39, 0.29) is 17.5 Å². The summed E-state index contributed by atoms with van der Waals surface area (Å²) < 4.78 is 23.2. The van der Waals surface area contributed by atoms with Crippen molar-refractivity contribution < 1.29 is 18.3 Å². The van der Waals surface area contributed by atoms with Gasteiger partial charge in [-0.05, 0) is 32.2 Å². The number of carbonyl (C=O) groups is 1. The number of hydrogen-bond donors (Lipinski definition) is 1. The first kappa shape index (κ1) is 12.8. The van der Waals surface area contributed by atoms with Crippen LogP contribution < -0.4 is 0 Å². The monoisotopic (exact) mass is 261 g/mol. The third-order valence-electron chi connectivity index (χ3n) is 3.74. The molecule has 2 aliphatic rings. The van der Waals surface area contributed by atoms with Gasteiger partial charge in [-0.3, -0.25) is 9.69 Å². The number of carboxylic acids is 1. The Hall–Kier alpha value is -0.620. The number of hydrogen-bond acceptors (Lipinski definition) is 4. The van der Waals surface area contributed by atoms with Gasteiger partial charge < -0.3 is 5.11 Å². The largest absolute Gasteiger partial charge is 0.480 e. The Kier molecular flexibility index (Phi) is 3.73. The molecule has 0 aromatic carbocycles. The second-order valence-corrected chi connectivity index (χ2v) is 7.23. The lowest BCUT2D eigenvalue weighted by atomic mass is 9.98. The average Bonchev–Trinajstić information content (AvgIpc) is 2.27. The fourth-order valence-corrected chi connectivity index (χ4v) is 4.63. The van der Waals surface area contributed by atoms with Crippen LogP contribution in [0.4, 0.5) is 0 Å². The summed E-state index contributed by atoms with van der Waals surface area (Å²) in [6.07, 6.45) is 4.01. The maximum absolute atomic E-state index is 11.6. The van der Waals surface area contributed by atoms with Crippen LogP contribution in [0.25, 0.3) is 0 Å². The second kappa shape index (κ2) is 4.94. The molecule has 0 spiro atoms. The van der Waals surface area contributed by atoms with Crippen molar-refractivity contribution in [2.75, 3.05) is 18.1 Å². The van der Waals surface area contributed by atoms with Gasteiger partial charge in [0.25, 0.3) is 0 Å². The zero-order valence-electron chi connectivity index (χ0n) is 9.84. The fraction of sp³-hybridized carbons (Fsp3) is 0.909. The van der Waals surface area contributed by atoms with E-state index in [2.05, 4.69) is 0 Å². The summed E-state index contributed by atoms with van der Waals surface area (Å²) in [4.78, 5) is 13.1. The van der Waals surface area contributed by atoms with E-state index in [0.29, 0.717) is 12.8 Å². The summed E-state index contributed by atoms with van der Waals surface area (Å²) in [5.41, 5.74) is 0. The molecule has 0 aromatic rings. The first-order chi connectivity index (χ1) is 7.99. The van der Waals surface area contributed by atoms with Crippen molar-refractivity contribution >= 4 is 15.8 Å². The lowest BCUT2D eigenvalue weighted by molar-refractivity contribution is -0.145. The Morgan fingerprint density at radius 3 is 2.59 bits per heavy atom. The molecule has 0 saturated carbocycles. The van der Waals surface area contributed by atoms with Crippen LogP contribution in [0.2, 0.25) is 0 Å². The number of nitrogens with zero attached hydrogens (tertiary/aromatic N) is 1. The number of aliphatic carboxylic acids is 1. The molecule has 2 saturated heterocycles. The summed E-state index contributed by atoms with van der Waals surface area (Å²) >= 11 is 0. The smallest absolute Gasteiger partial charge is 0.320 e. The number of piperidine rings is 1. The van der Waals surface area contributed by atoms with E-state index in [1.807, 2.05) is 4.90 Å². The number of likely N-dealkylation sites (tertiary alicyclic amines) is 1. The predicted octanol–water partition coefficient (Wildman–Crippen LogP) is 0.503. The second-order valence-electron chi connectivity index (χ2n) is 5.00. The molecule has 2 rings (SSSR count). The van der Waals surface area contributed by atoms with Crippen LogP contribution in [-0.4, -0.2) is 54.5 Å². The molecule has 6 heteroatoms. The van der Waals surface area contributed by atoms with Gasteiger partial charge in [-0.15, -0.1) is 0 Å². The standard InChI is InChI=1S/C11H19NO4S/c13-11(14)10-5-1-2-6-12(10)9-4-3-7-17(15,16)8-9/h9-10H,1-8H2,(H,13,14).